The number of rotatable bonds is 10. The third-order valence-corrected chi connectivity index (χ3v) is 4.86. The first-order chi connectivity index (χ1) is 11.2. The van der Waals surface area contributed by atoms with Gasteiger partial charge in [-0.25, -0.2) is 0 Å². The van der Waals surface area contributed by atoms with Gasteiger partial charge in [-0.3, -0.25) is 9.59 Å². The highest BCUT2D eigenvalue weighted by Gasteiger charge is 2.06. The first-order valence-electron chi connectivity index (χ1n) is 7.60. The van der Waals surface area contributed by atoms with E-state index in [-0.39, 0.29) is 11.9 Å². The molecule has 0 N–H and O–H groups in total. The maximum Gasteiger partial charge on any atom is 0.311 e. The Bertz CT molecular complexity index is 524. The molecule has 2 aromatic heterocycles. The van der Waals surface area contributed by atoms with Crippen LogP contribution in [0.4, 0.5) is 0 Å². The third kappa shape index (κ3) is 7.43. The largest absolute Gasteiger partial charge is 0.465 e. The van der Waals surface area contributed by atoms with Crippen molar-refractivity contribution in [3.63, 3.8) is 0 Å². The summed E-state index contributed by atoms with van der Waals surface area (Å²) >= 11 is 3.11. The first-order valence-corrected chi connectivity index (χ1v) is 9.36. The molecule has 6 heteroatoms. The second kappa shape index (κ2) is 10.2. The molecule has 124 valence electrons. The summed E-state index contributed by atoms with van der Waals surface area (Å²) in [6.07, 6.45) is 3.14. The number of unbranched alkanes of at least 4 members (excludes halogenated alkanes) is 2. The molecule has 0 aromatic carbocycles. The molecule has 4 nitrogen and oxygen atoms in total. The molecule has 0 fully saturated rings. The normalized spacial score (nSPS) is 10.4. The van der Waals surface area contributed by atoms with Crippen molar-refractivity contribution in [3.05, 3.63) is 44.8 Å². The van der Waals surface area contributed by atoms with Gasteiger partial charge in [0.1, 0.15) is 0 Å². The molecular formula is C17H20O4S2. The van der Waals surface area contributed by atoms with Crippen LogP contribution in [0.15, 0.2) is 35.0 Å². The van der Waals surface area contributed by atoms with Crippen LogP contribution in [-0.2, 0) is 31.9 Å². The van der Waals surface area contributed by atoms with Gasteiger partial charge in [-0.15, -0.1) is 22.7 Å². The van der Waals surface area contributed by atoms with Crippen molar-refractivity contribution in [2.75, 3.05) is 13.2 Å². The highest BCUT2D eigenvalue weighted by Crippen LogP contribution is 2.11. The summed E-state index contributed by atoms with van der Waals surface area (Å²) in [6, 6.07) is 7.70. The van der Waals surface area contributed by atoms with Crippen molar-refractivity contribution in [2.45, 2.75) is 32.1 Å². The van der Waals surface area contributed by atoms with Crippen LogP contribution in [0.25, 0.3) is 0 Å². The molecule has 0 saturated heterocycles. The van der Waals surface area contributed by atoms with Crippen LogP contribution in [0, 0.1) is 0 Å². The SMILES string of the molecule is O=C(Cc1cccs1)OCCCCCOC(=O)Cc1cccs1. The molecule has 0 spiro atoms. The monoisotopic (exact) mass is 352 g/mol. The second-order valence-corrected chi connectivity index (χ2v) is 7.08. The zero-order chi connectivity index (χ0) is 16.3. The van der Waals surface area contributed by atoms with Crippen molar-refractivity contribution >= 4 is 34.6 Å². The van der Waals surface area contributed by atoms with Gasteiger partial charge in [0.25, 0.3) is 0 Å². The Labute approximate surface area is 144 Å². The number of thiophene rings is 2. The molecule has 0 bridgehead atoms. The van der Waals surface area contributed by atoms with Crippen LogP contribution in [0.2, 0.25) is 0 Å². The maximum absolute atomic E-state index is 11.6. The lowest BCUT2D eigenvalue weighted by Gasteiger charge is -2.05. The fourth-order valence-electron chi connectivity index (χ4n) is 1.97. The van der Waals surface area contributed by atoms with Crippen LogP contribution in [0.1, 0.15) is 29.0 Å². The molecule has 0 unspecified atom stereocenters. The van der Waals surface area contributed by atoms with E-state index in [1.165, 1.54) is 0 Å². The van der Waals surface area contributed by atoms with E-state index < -0.39 is 0 Å². The van der Waals surface area contributed by atoms with Crippen LogP contribution in [0.5, 0.6) is 0 Å². The average molecular weight is 352 g/mol. The number of carbonyl (C=O) groups is 2. The Morgan fingerprint density at radius 2 is 1.26 bits per heavy atom. The van der Waals surface area contributed by atoms with E-state index in [2.05, 4.69) is 0 Å². The van der Waals surface area contributed by atoms with Gasteiger partial charge in [0, 0.05) is 9.75 Å². The lowest BCUT2D eigenvalue weighted by molar-refractivity contribution is -0.143. The van der Waals surface area contributed by atoms with Gasteiger partial charge >= 0.3 is 11.9 Å². The van der Waals surface area contributed by atoms with Crippen LogP contribution in [0.3, 0.4) is 0 Å². The van der Waals surface area contributed by atoms with E-state index in [0.717, 1.165) is 29.0 Å². The van der Waals surface area contributed by atoms with E-state index in [0.29, 0.717) is 26.1 Å². The van der Waals surface area contributed by atoms with Crippen LogP contribution in [-0.4, -0.2) is 25.2 Å². The number of hydrogen-bond acceptors (Lipinski definition) is 6. The first kappa shape index (κ1) is 17.7. The average Bonchev–Trinajstić information content (AvgIpc) is 3.20. The van der Waals surface area contributed by atoms with Gasteiger partial charge in [0.05, 0.1) is 26.1 Å². The highest BCUT2D eigenvalue weighted by atomic mass is 32.1. The molecule has 23 heavy (non-hydrogen) atoms. The van der Waals surface area contributed by atoms with Crippen LogP contribution < -0.4 is 0 Å². The smallest absolute Gasteiger partial charge is 0.311 e. The summed E-state index contributed by atoms with van der Waals surface area (Å²) in [4.78, 5) is 25.2. The van der Waals surface area contributed by atoms with Crippen molar-refractivity contribution in [1.29, 1.82) is 0 Å². The third-order valence-electron chi connectivity index (χ3n) is 3.11. The topological polar surface area (TPSA) is 52.6 Å². The molecule has 0 amide bonds. The Morgan fingerprint density at radius 3 is 1.65 bits per heavy atom. The minimum absolute atomic E-state index is 0.185. The fourth-order valence-corrected chi connectivity index (χ4v) is 3.35. The number of carbonyl (C=O) groups excluding carboxylic acids is 2. The molecule has 2 heterocycles. The summed E-state index contributed by atoms with van der Waals surface area (Å²) in [7, 11) is 0. The molecule has 0 atom stereocenters. The van der Waals surface area contributed by atoms with E-state index in [1.807, 2.05) is 35.0 Å². The van der Waals surface area contributed by atoms with Crippen molar-refractivity contribution in [3.8, 4) is 0 Å². The number of hydrogen-bond donors (Lipinski definition) is 0. The molecule has 0 aliphatic carbocycles. The number of ether oxygens (including phenoxy) is 2. The highest BCUT2D eigenvalue weighted by molar-refractivity contribution is 7.10. The zero-order valence-corrected chi connectivity index (χ0v) is 14.5. The Morgan fingerprint density at radius 1 is 0.783 bits per heavy atom. The lowest BCUT2D eigenvalue weighted by atomic mass is 10.2. The van der Waals surface area contributed by atoms with Crippen molar-refractivity contribution in [1.82, 2.24) is 0 Å². The van der Waals surface area contributed by atoms with Gasteiger partial charge in [0.15, 0.2) is 0 Å². The van der Waals surface area contributed by atoms with E-state index in [9.17, 15) is 9.59 Å². The molecular weight excluding hydrogens is 332 g/mol. The zero-order valence-electron chi connectivity index (χ0n) is 12.9. The van der Waals surface area contributed by atoms with E-state index in [1.54, 1.807) is 22.7 Å². The Hall–Kier alpha value is -1.66. The molecule has 2 rings (SSSR count). The minimum atomic E-state index is -0.185. The molecule has 0 radical (unpaired) electrons. The fraction of sp³-hybridized carbons (Fsp3) is 0.412. The second-order valence-electron chi connectivity index (χ2n) is 5.01. The van der Waals surface area contributed by atoms with Crippen LogP contribution >= 0.6 is 22.7 Å². The van der Waals surface area contributed by atoms with Gasteiger partial charge in [0.2, 0.25) is 0 Å². The maximum atomic E-state index is 11.6. The summed E-state index contributed by atoms with van der Waals surface area (Å²) in [5.41, 5.74) is 0. The van der Waals surface area contributed by atoms with Crippen molar-refractivity contribution < 1.29 is 19.1 Å². The lowest BCUT2D eigenvalue weighted by Crippen LogP contribution is -2.10. The molecule has 2 aromatic rings. The van der Waals surface area contributed by atoms with Gasteiger partial charge in [-0.1, -0.05) is 12.1 Å². The Kier molecular flexibility index (Phi) is 7.83. The summed E-state index contributed by atoms with van der Waals surface area (Å²) in [5, 5.41) is 3.89. The van der Waals surface area contributed by atoms with Gasteiger partial charge < -0.3 is 9.47 Å². The molecule has 0 aliphatic heterocycles. The van der Waals surface area contributed by atoms with E-state index in [4.69, 9.17) is 9.47 Å². The summed E-state index contributed by atoms with van der Waals surface area (Å²) < 4.78 is 10.3. The molecule has 0 saturated carbocycles. The van der Waals surface area contributed by atoms with E-state index >= 15 is 0 Å². The van der Waals surface area contributed by atoms with Crippen molar-refractivity contribution in [2.24, 2.45) is 0 Å². The standard InChI is InChI=1S/C17H20O4S2/c18-16(12-14-6-4-10-22-14)20-8-2-1-3-9-21-17(19)13-15-7-5-11-23-15/h4-7,10-11H,1-3,8-9,12-13H2. The minimum Gasteiger partial charge on any atom is -0.465 e. The predicted octanol–water partition coefficient (Wildman–Crippen LogP) is 3.85. The summed E-state index contributed by atoms with van der Waals surface area (Å²) in [6.45, 7) is 0.848. The number of esters is 2. The quantitative estimate of drug-likeness (QED) is 0.481. The van der Waals surface area contributed by atoms with Gasteiger partial charge in [-0.2, -0.15) is 0 Å². The predicted molar refractivity (Wildman–Crippen MR) is 91.8 cm³/mol. The Balaban J connectivity index is 1.43. The van der Waals surface area contributed by atoms with Gasteiger partial charge in [-0.05, 0) is 42.2 Å². The summed E-state index contributed by atoms with van der Waals surface area (Å²) in [5.74, 6) is -0.371. The molecule has 0 aliphatic rings.